The first-order chi connectivity index (χ1) is 6.50. The Labute approximate surface area is 100 Å². The summed E-state index contributed by atoms with van der Waals surface area (Å²) in [5.41, 5.74) is 1.11. The van der Waals surface area contributed by atoms with Crippen molar-refractivity contribution >= 4 is 6.09 Å². The summed E-state index contributed by atoms with van der Waals surface area (Å²) < 4.78 is 6.98. The van der Waals surface area contributed by atoms with Gasteiger partial charge in [0, 0.05) is 27.1 Å². The fourth-order valence-corrected chi connectivity index (χ4v) is 0.908. The van der Waals surface area contributed by atoms with Crippen LogP contribution in [0.2, 0.25) is 0 Å². The molecule has 0 aliphatic rings. The van der Waals surface area contributed by atoms with Gasteiger partial charge in [0.15, 0.2) is 11.4 Å². The third-order valence-electron chi connectivity index (χ3n) is 1.94. The summed E-state index contributed by atoms with van der Waals surface area (Å²) >= 11 is 0. The summed E-state index contributed by atoms with van der Waals surface area (Å²) in [6.45, 7) is 1.98. The van der Waals surface area contributed by atoms with Gasteiger partial charge in [-0.2, -0.15) is 0 Å². The first-order valence-corrected chi connectivity index (χ1v) is 4.36. The van der Waals surface area contributed by atoms with Gasteiger partial charge < -0.3 is 26.6 Å². The van der Waals surface area contributed by atoms with Crippen LogP contribution in [0.1, 0.15) is 5.69 Å². The first kappa shape index (κ1) is 13.9. The molecule has 15 heavy (non-hydrogen) atoms. The van der Waals surface area contributed by atoms with Crippen LogP contribution in [-0.2, 0) is 7.05 Å². The number of carbonyl (C=O) groups excluding carboxylic acids is 1. The molecule has 0 saturated carbocycles. The molecule has 1 rings (SSSR count). The van der Waals surface area contributed by atoms with Crippen LogP contribution in [0.5, 0.6) is 5.75 Å². The summed E-state index contributed by atoms with van der Waals surface area (Å²) in [6, 6.07) is 3.68. The highest BCUT2D eigenvalue weighted by Gasteiger charge is 2.09. The van der Waals surface area contributed by atoms with Gasteiger partial charge in [0.05, 0.1) is 0 Å². The number of ether oxygens (including phenoxy) is 1. The summed E-state index contributed by atoms with van der Waals surface area (Å²) in [7, 11) is 5.20. The van der Waals surface area contributed by atoms with Crippen LogP contribution in [-0.4, -0.2) is 25.1 Å². The lowest BCUT2D eigenvalue weighted by Gasteiger charge is -2.09. The van der Waals surface area contributed by atoms with Crippen molar-refractivity contribution in [2.45, 2.75) is 6.92 Å². The standard InChI is InChI=1S/C10H15N2O2.BrH/c1-8-5-6-9(7-12(8)4)14-10(13)11(2)3;/h5-7H,1-4H3;1H/q+1;/p-1. The molecule has 84 valence electrons. The largest absolute Gasteiger partial charge is 1.00 e. The van der Waals surface area contributed by atoms with E-state index in [-0.39, 0.29) is 23.1 Å². The SMILES string of the molecule is Cc1ccc(OC(=O)N(C)C)c[n+]1C.[Br-]. The lowest BCUT2D eigenvalue weighted by atomic mass is 10.3. The van der Waals surface area contributed by atoms with E-state index in [1.165, 1.54) is 4.90 Å². The van der Waals surface area contributed by atoms with E-state index < -0.39 is 0 Å². The van der Waals surface area contributed by atoms with Gasteiger partial charge in [-0.25, -0.2) is 9.36 Å². The highest BCUT2D eigenvalue weighted by atomic mass is 79.9. The fraction of sp³-hybridized carbons (Fsp3) is 0.400. The number of pyridine rings is 1. The average Bonchev–Trinajstić information content (AvgIpc) is 2.11. The molecule has 4 nitrogen and oxygen atoms in total. The van der Waals surface area contributed by atoms with Crippen molar-refractivity contribution in [2.24, 2.45) is 7.05 Å². The number of carbonyl (C=O) groups is 1. The molecule has 1 aromatic rings. The number of aryl methyl sites for hydroxylation is 2. The van der Waals surface area contributed by atoms with E-state index in [1.807, 2.05) is 24.6 Å². The lowest BCUT2D eigenvalue weighted by molar-refractivity contribution is -0.677. The van der Waals surface area contributed by atoms with Crippen molar-refractivity contribution in [3.8, 4) is 5.75 Å². The maximum atomic E-state index is 11.2. The van der Waals surface area contributed by atoms with Crippen molar-refractivity contribution in [3.05, 3.63) is 24.0 Å². The number of amides is 1. The zero-order valence-corrected chi connectivity index (χ0v) is 10.9. The number of halogens is 1. The van der Waals surface area contributed by atoms with Crippen LogP contribution in [0.4, 0.5) is 4.79 Å². The smallest absolute Gasteiger partial charge is 0.414 e. The third-order valence-corrected chi connectivity index (χ3v) is 1.94. The van der Waals surface area contributed by atoms with Gasteiger partial charge in [-0.05, 0) is 6.07 Å². The van der Waals surface area contributed by atoms with Crippen LogP contribution in [0, 0.1) is 6.92 Å². The average molecular weight is 275 g/mol. The maximum absolute atomic E-state index is 11.2. The second kappa shape index (κ2) is 5.70. The van der Waals surface area contributed by atoms with E-state index in [2.05, 4.69) is 0 Å². The van der Waals surface area contributed by atoms with Crippen molar-refractivity contribution in [1.29, 1.82) is 0 Å². The van der Waals surface area contributed by atoms with Crippen molar-refractivity contribution in [1.82, 2.24) is 4.90 Å². The Kier molecular flexibility index (Phi) is 5.28. The second-order valence-electron chi connectivity index (χ2n) is 3.38. The molecular weight excluding hydrogens is 260 g/mol. The van der Waals surface area contributed by atoms with Crippen LogP contribution in [0.3, 0.4) is 0 Å². The summed E-state index contributed by atoms with van der Waals surface area (Å²) in [5.74, 6) is 0.553. The van der Waals surface area contributed by atoms with E-state index in [4.69, 9.17) is 4.74 Å². The summed E-state index contributed by atoms with van der Waals surface area (Å²) in [6.07, 6.45) is 1.41. The molecule has 0 saturated heterocycles. The van der Waals surface area contributed by atoms with Gasteiger partial charge in [0.2, 0.25) is 6.20 Å². The molecule has 0 fully saturated rings. The number of aromatic nitrogens is 1. The van der Waals surface area contributed by atoms with Crippen molar-refractivity contribution < 1.29 is 31.1 Å². The number of hydrogen-bond acceptors (Lipinski definition) is 2. The predicted octanol–water partition coefficient (Wildman–Crippen LogP) is -2.12. The monoisotopic (exact) mass is 274 g/mol. The number of nitrogens with zero attached hydrogens (tertiary/aromatic N) is 2. The van der Waals surface area contributed by atoms with Crippen molar-refractivity contribution in [2.75, 3.05) is 14.1 Å². The Balaban J connectivity index is 0.00000196. The molecule has 0 aliphatic heterocycles. The zero-order valence-electron chi connectivity index (χ0n) is 9.32. The molecule has 1 aromatic heterocycles. The Bertz CT molecular complexity index is 353. The predicted molar refractivity (Wildman–Crippen MR) is 52.1 cm³/mol. The second-order valence-corrected chi connectivity index (χ2v) is 3.38. The first-order valence-electron chi connectivity index (χ1n) is 4.36. The van der Waals surface area contributed by atoms with Crippen LogP contribution in [0.25, 0.3) is 0 Å². The number of hydrogen-bond donors (Lipinski definition) is 0. The Morgan fingerprint density at radius 1 is 1.40 bits per heavy atom. The topological polar surface area (TPSA) is 33.4 Å². The van der Waals surface area contributed by atoms with Crippen LogP contribution < -0.4 is 26.3 Å². The minimum Gasteiger partial charge on any atom is -1.00 e. The Hall–Kier alpha value is -1.10. The van der Waals surface area contributed by atoms with Gasteiger partial charge in [-0.3, -0.25) is 0 Å². The van der Waals surface area contributed by atoms with Crippen molar-refractivity contribution in [3.63, 3.8) is 0 Å². The maximum Gasteiger partial charge on any atom is 0.414 e. The third kappa shape index (κ3) is 3.87. The van der Waals surface area contributed by atoms with E-state index in [9.17, 15) is 4.79 Å². The van der Waals surface area contributed by atoms with Gasteiger partial charge in [0.1, 0.15) is 7.05 Å². The summed E-state index contributed by atoms with van der Waals surface area (Å²) in [4.78, 5) is 12.6. The molecule has 0 radical (unpaired) electrons. The normalized spacial score (nSPS) is 9.07. The van der Waals surface area contributed by atoms with Gasteiger partial charge >= 0.3 is 6.09 Å². The minimum absolute atomic E-state index is 0. The van der Waals surface area contributed by atoms with Crippen LogP contribution >= 0.6 is 0 Å². The molecule has 1 heterocycles. The quantitative estimate of drug-likeness (QED) is 0.549. The molecule has 0 N–H and O–H groups in total. The van der Waals surface area contributed by atoms with Gasteiger partial charge in [-0.15, -0.1) is 0 Å². The Morgan fingerprint density at radius 2 is 2.00 bits per heavy atom. The van der Waals surface area contributed by atoms with E-state index in [1.54, 1.807) is 26.4 Å². The molecule has 5 heteroatoms. The van der Waals surface area contributed by atoms with E-state index in [0.29, 0.717) is 5.75 Å². The molecule has 0 spiro atoms. The fourth-order valence-electron chi connectivity index (χ4n) is 0.908. The Morgan fingerprint density at radius 3 is 2.47 bits per heavy atom. The molecule has 0 atom stereocenters. The van der Waals surface area contributed by atoms with E-state index in [0.717, 1.165) is 5.69 Å². The molecule has 0 aromatic carbocycles. The molecule has 0 bridgehead atoms. The van der Waals surface area contributed by atoms with E-state index >= 15 is 0 Å². The molecule has 0 aliphatic carbocycles. The molecular formula is C10H15BrN2O2. The van der Waals surface area contributed by atoms with Gasteiger partial charge in [0.25, 0.3) is 0 Å². The number of rotatable bonds is 1. The highest BCUT2D eigenvalue weighted by Crippen LogP contribution is 2.07. The zero-order chi connectivity index (χ0) is 10.7. The van der Waals surface area contributed by atoms with Crippen LogP contribution in [0.15, 0.2) is 18.3 Å². The lowest BCUT2D eigenvalue weighted by Crippen LogP contribution is -3.00. The molecule has 1 amide bonds. The highest BCUT2D eigenvalue weighted by molar-refractivity contribution is 5.69. The molecule has 0 unspecified atom stereocenters. The minimum atomic E-state index is -0.367. The van der Waals surface area contributed by atoms with Gasteiger partial charge in [-0.1, -0.05) is 0 Å². The summed E-state index contributed by atoms with van der Waals surface area (Å²) in [5, 5.41) is 0.